The molecule has 0 saturated heterocycles. The normalized spacial score (nSPS) is 11.4. The summed E-state index contributed by atoms with van der Waals surface area (Å²) in [4.78, 5) is 5.66. The van der Waals surface area contributed by atoms with E-state index >= 15 is 0 Å². The van der Waals surface area contributed by atoms with E-state index in [0.717, 1.165) is 21.8 Å². The molecule has 2 heterocycles. The predicted molar refractivity (Wildman–Crippen MR) is 53.5 cm³/mol. The number of aromatic hydroxyl groups is 2. The Labute approximate surface area is 78.8 Å². The zero-order chi connectivity index (χ0) is 9.71. The van der Waals surface area contributed by atoms with Gasteiger partial charge in [0.15, 0.2) is 11.8 Å². The molecule has 0 amide bonds. The quantitative estimate of drug-likeness (QED) is 0.436. The van der Waals surface area contributed by atoms with Gasteiger partial charge in [0.1, 0.15) is 0 Å². The highest BCUT2D eigenvalue weighted by Gasteiger charge is 2.06. The minimum Gasteiger partial charge on any atom is -0.495 e. The van der Waals surface area contributed by atoms with Gasteiger partial charge in [0.25, 0.3) is 0 Å². The van der Waals surface area contributed by atoms with Crippen LogP contribution in [-0.2, 0) is 0 Å². The van der Waals surface area contributed by atoms with Gasteiger partial charge < -0.3 is 20.2 Å². The third-order valence-electron chi connectivity index (χ3n) is 2.36. The molecule has 0 fully saturated rings. The maximum Gasteiger partial charge on any atom is 0.189 e. The molecule has 2 aromatic heterocycles. The monoisotopic (exact) mass is 188 g/mol. The lowest BCUT2D eigenvalue weighted by Crippen LogP contribution is -1.71. The third-order valence-corrected chi connectivity index (χ3v) is 2.36. The molecule has 0 spiro atoms. The molecule has 0 bridgehead atoms. The number of aromatic amines is 2. The molecule has 0 aliphatic carbocycles. The Morgan fingerprint density at radius 2 is 1.21 bits per heavy atom. The second kappa shape index (κ2) is 2.23. The molecule has 3 rings (SSSR count). The molecule has 0 aliphatic heterocycles. The summed E-state index contributed by atoms with van der Waals surface area (Å²) in [5, 5.41) is 20.4. The minimum atomic E-state index is 0.126. The van der Waals surface area contributed by atoms with Gasteiger partial charge in [-0.2, -0.15) is 0 Å². The van der Waals surface area contributed by atoms with E-state index in [1.165, 1.54) is 0 Å². The van der Waals surface area contributed by atoms with Crippen LogP contribution in [-0.4, -0.2) is 20.2 Å². The third kappa shape index (κ3) is 0.821. The number of benzene rings is 1. The molecule has 4 nitrogen and oxygen atoms in total. The van der Waals surface area contributed by atoms with Gasteiger partial charge in [-0.15, -0.1) is 0 Å². The van der Waals surface area contributed by atoms with Crippen molar-refractivity contribution in [1.82, 2.24) is 9.97 Å². The van der Waals surface area contributed by atoms with E-state index in [0.29, 0.717) is 0 Å². The minimum absolute atomic E-state index is 0.126. The van der Waals surface area contributed by atoms with E-state index in [1.807, 2.05) is 12.1 Å². The number of H-pyrrole nitrogens is 2. The molecule has 1 aromatic carbocycles. The lowest BCUT2D eigenvalue weighted by molar-refractivity contribution is 0.457. The largest absolute Gasteiger partial charge is 0.495 e. The predicted octanol–water partition coefficient (Wildman–Crippen LogP) is 2.06. The fraction of sp³-hybridized carbons (Fsp3) is 0. The van der Waals surface area contributed by atoms with Crippen molar-refractivity contribution in [3.05, 3.63) is 24.3 Å². The molecule has 0 unspecified atom stereocenters. The van der Waals surface area contributed by atoms with Crippen molar-refractivity contribution in [1.29, 1.82) is 0 Å². The molecular formula is C10H8N2O2. The molecule has 14 heavy (non-hydrogen) atoms. The van der Waals surface area contributed by atoms with Crippen LogP contribution in [0, 0.1) is 0 Å². The molecule has 3 aromatic rings. The number of aromatic nitrogens is 2. The molecule has 0 radical (unpaired) electrons. The van der Waals surface area contributed by atoms with Gasteiger partial charge in [0.05, 0.1) is 11.0 Å². The van der Waals surface area contributed by atoms with Crippen LogP contribution in [0.3, 0.4) is 0 Å². The standard InChI is InChI=1S/C10H8N2O2/c13-7-3-5-1-2-6-4-8(14)12-10(6)9(5)11-7/h1-4,11-14H. The fourth-order valence-electron chi connectivity index (χ4n) is 1.77. The first-order chi connectivity index (χ1) is 6.74. The number of hydrogen-bond donors (Lipinski definition) is 4. The molecular weight excluding hydrogens is 180 g/mol. The average Bonchev–Trinajstić information content (AvgIpc) is 2.65. The topological polar surface area (TPSA) is 72.0 Å². The Balaban J connectivity index is 2.58. The second-order valence-corrected chi connectivity index (χ2v) is 3.30. The van der Waals surface area contributed by atoms with Crippen LogP contribution in [0.15, 0.2) is 24.3 Å². The molecule has 0 saturated carbocycles. The summed E-state index contributed by atoms with van der Waals surface area (Å²) in [6, 6.07) is 7.07. The number of fused-ring (bicyclic) bond motifs is 3. The van der Waals surface area contributed by atoms with Gasteiger partial charge in [-0.05, 0) is 0 Å². The van der Waals surface area contributed by atoms with Crippen LogP contribution in [0.4, 0.5) is 0 Å². The number of rotatable bonds is 0. The smallest absolute Gasteiger partial charge is 0.189 e. The second-order valence-electron chi connectivity index (χ2n) is 3.30. The lowest BCUT2D eigenvalue weighted by Gasteiger charge is -1.91. The highest BCUT2D eigenvalue weighted by Crippen LogP contribution is 2.29. The van der Waals surface area contributed by atoms with E-state index in [-0.39, 0.29) is 11.8 Å². The van der Waals surface area contributed by atoms with Crippen molar-refractivity contribution in [2.75, 3.05) is 0 Å². The van der Waals surface area contributed by atoms with Crippen molar-refractivity contribution in [2.24, 2.45) is 0 Å². The zero-order valence-electron chi connectivity index (χ0n) is 7.20. The zero-order valence-corrected chi connectivity index (χ0v) is 7.20. The van der Waals surface area contributed by atoms with Crippen LogP contribution >= 0.6 is 0 Å². The van der Waals surface area contributed by atoms with Gasteiger partial charge in [0.2, 0.25) is 0 Å². The van der Waals surface area contributed by atoms with Crippen molar-refractivity contribution in [2.45, 2.75) is 0 Å². The van der Waals surface area contributed by atoms with Gasteiger partial charge in [0, 0.05) is 22.9 Å². The van der Waals surface area contributed by atoms with Crippen LogP contribution in [0.25, 0.3) is 21.8 Å². The van der Waals surface area contributed by atoms with Crippen LogP contribution < -0.4 is 0 Å². The number of nitrogens with one attached hydrogen (secondary N) is 2. The summed E-state index contributed by atoms with van der Waals surface area (Å²) in [6.07, 6.45) is 0. The summed E-state index contributed by atoms with van der Waals surface area (Å²) in [6.45, 7) is 0. The summed E-state index contributed by atoms with van der Waals surface area (Å²) < 4.78 is 0. The maximum absolute atomic E-state index is 9.29. The SMILES string of the molecule is Oc1cc2ccc3cc(O)[nH]c3c2[nH]1. The van der Waals surface area contributed by atoms with Crippen LogP contribution in [0.5, 0.6) is 11.8 Å². The van der Waals surface area contributed by atoms with Crippen molar-refractivity contribution < 1.29 is 10.2 Å². The number of hydrogen-bond acceptors (Lipinski definition) is 2. The maximum atomic E-state index is 9.29. The van der Waals surface area contributed by atoms with E-state index in [1.54, 1.807) is 12.1 Å². The summed E-state index contributed by atoms with van der Waals surface area (Å²) in [5.41, 5.74) is 1.61. The Bertz CT molecular complexity index is 566. The first-order valence-electron chi connectivity index (χ1n) is 4.26. The van der Waals surface area contributed by atoms with Gasteiger partial charge in [-0.1, -0.05) is 12.1 Å². The first-order valence-corrected chi connectivity index (χ1v) is 4.26. The Morgan fingerprint density at radius 3 is 1.64 bits per heavy atom. The molecule has 4 heteroatoms. The molecule has 0 atom stereocenters. The van der Waals surface area contributed by atoms with E-state index in [9.17, 15) is 10.2 Å². The van der Waals surface area contributed by atoms with Gasteiger partial charge in [-0.25, -0.2) is 0 Å². The van der Waals surface area contributed by atoms with Crippen molar-refractivity contribution >= 4 is 21.8 Å². The summed E-state index contributed by atoms with van der Waals surface area (Å²) >= 11 is 0. The Kier molecular flexibility index (Phi) is 1.16. The Hall–Kier alpha value is -2.10. The molecule has 4 N–H and O–H groups in total. The first kappa shape index (κ1) is 7.32. The molecule has 0 aliphatic rings. The van der Waals surface area contributed by atoms with Crippen LogP contribution in [0.1, 0.15) is 0 Å². The van der Waals surface area contributed by atoms with E-state index in [4.69, 9.17) is 0 Å². The van der Waals surface area contributed by atoms with Crippen molar-refractivity contribution in [3.8, 4) is 11.8 Å². The summed E-state index contributed by atoms with van der Waals surface area (Å²) in [5.74, 6) is 0.253. The Morgan fingerprint density at radius 1 is 0.786 bits per heavy atom. The highest BCUT2D eigenvalue weighted by molar-refractivity contribution is 6.04. The van der Waals surface area contributed by atoms with Crippen molar-refractivity contribution in [3.63, 3.8) is 0 Å². The van der Waals surface area contributed by atoms with Gasteiger partial charge in [-0.3, -0.25) is 0 Å². The van der Waals surface area contributed by atoms with E-state index < -0.39 is 0 Å². The fourth-order valence-corrected chi connectivity index (χ4v) is 1.77. The average molecular weight is 188 g/mol. The molecule has 70 valence electrons. The summed E-state index contributed by atoms with van der Waals surface area (Å²) in [7, 11) is 0. The lowest BCUT2D eigenvalue weighted by atomic mass is 10.2. The van der Waals surface area contributed by atoms with E-state index in [2.05, 4.69) is 9.97 Å². The highest BCUT2D eigenvalue weighted by atomic mass is 16.3. The van der Waals surface area contributed by atoms with Crippen LogP contribution in [0.2, 0.25) is 0 Å². The van der Waals surface area contributed by atoms with Gasteiger partial charge >= 0.3 is 0 Å².